The molecule has 0 aliphatic heterocycles. The molecule has 0 aromatic carbocycles. The Kier molecular flexibility index (Phi) is 3.25. The molecule has 1 aliphatic carbocycles. The highest BCUT2D eigenvalue weighted by Gasteiger charge is 2.27. The Labute approximate surface area is 115 Å². The van der Waals surface area contributed by atoms with Crippen LogP contribution in [0, 0.1) is 0 Å². The molecule has 0 saturated carbocycles. The molecule has 0 fully saturated rings. The second kappa shape index (κ2) is 5.05. The number of nitrogens with zero attached hydrogens (tertiary/aromatic N) is 3. The van der Waals surface area contributed by atoms with E-state index in [0.29, 0.717) is 11.3 Å². The largest absolute Gasteiger partial charge is 0.298 e. The summed E-state index contributed by atoms with van der Waals surface area (Å²) in [5, 5.41) is 0.211. The molecule has 4 nitrogen and oxygen atoms in total. The summed E-state index contributed by atoms with van der Waals surface area (Å²) >= 11 is 5.97. The summed E-state index contributed by atoms with van der Waals surface area (Å²) in [4.78, 5) is 23.8. The van der Waals surface area contributed by atoms with Crippen LogP contribution in [0.1, 0.15) is 46.1 Å². The van der Waals surface area contributed by atoms with Crippen LogP contribution < -0.4 is 0 Å². The first-order valence-corrected chi connectivity index (χ1v) is 6.58. The first-order valence-electron chi connectivity index (χ1n) is 6.20. The zero-order chi connectivity index (χ0) is 13.2. The van der Waals surface area contributed by atoms with E-state index in [1.54, 1.807) is 6.20 Å². The highest BCUT2D eigenvalue weighted by molar-refractivity contribution is 6.31. The summed E-state index contributed by atoms with van der Waals surface area (Å²) in [5.74, 6) is 0.0330. The fourth-order valence-electron chi connectivity index (χ4n) is 2.65. The van der Waals surface area contributed by atoms with Gasteiger partial charge in [-0.25, -0.2) is 9.97 Å². The van der Waals surface area contributed by atoms with Crippen LogP contribution in [0.4, 0.5) is 0 Å². The molecule has 0 N–H and O–H groups in total. The van der Waals surface area contributed by atoms with Crippen LogP contribution in [-0.2, 0) is 6.42 Å². The van der Waals surface area contributed by atoms with Crippen molar-refractivity contribution in [3.8, 4) is 0 Å². The molecule has 0 radical (unpaired) electrons. The number of rotatable bonds is 2. The monoisotopic (exact) mass is 273 g/mol. The number of aryl methyl sites for hydroxylation is 1. The maximum absolute atomic E-state index is 11.2. The van der Waals surface area contributed by atoms with Gasteiger partial charge in [0.05, 0.1) is 17.0 Å². The number of hydrogen-bond donors (Lipinski definition) is 0. The van der Waals surface area contributed by atoms with Crippen molar-refractivity contribution in [3.63, 3.8) is 0 Å². The molecular formula is C14H12ClN3O. The van der Waals surface area contributed by atoms with E-state index in [9.17, 15) is 4.79 Å². The van der Waals surface area contributed by atoms with Gasteiger partial charge in [-0.3, -0.25) is 9.78 Å². The van der Waals surface area contributed by atoms with Crippen molar-refractivity contribution in [3.05, 3.63) is 52.3 Å². The minimum atomic E-state index is 0.0330. The Bertz CT molecular complexity index is 630. The highest BCUT2D eigenvalue weighted by atomic mass is 35.5. The van der Waals surface area contributed by atoms with E-state index in [2.05, 4.69) is 21.0 Å². The Morgan fingerprint density at radius 3 is 3.00 bits per heavy atom. The quantitative estimate of drug-likeness (QED) is 0.624. The number of fused-ring (bicyclic) bond motifs is 1. The van der Waals surface area contributed by atoms with Gasteiger partial charge in [0.25, 0.3) is 0 Å². The zero-order valence-electron chi connectivity index (χ0n) is 10.2. The standard InChI is InChI=1S/C14H12ClN3O/c15-14-11(7-19)13(17-8-18-14)10-5-1-3-9-4-2-6-16-12(9)10/h2,4,6-8,10H,1,3,5H2. The van der Waals surface area contributed by atoms with Crippen LogP contribution in [0.3, 0.4) is 0 Å². The maximum Gasteiger partial charge on any atom is 0.155 e. The molecule has 2 aromatic heterocycles. The summed E-state index contributed by atoms with van der Waals surface area (Å²) in [6, 6.07) is 4.02. The van der Waals surface area contributed by atoms with Crippen LogP contribution in [0.25, 0.3) is 0 Å². The average Bonchev–Trinajstić information content (AvgIpc) is 2.46. The lowest BCUT2D eigenvalue weighted by Gasteiger charge is -2.24. The van der Waals surface area contributed by atoms with Crippen LogP contribution in [-0.4, -0.2) is 21.2 Å². The van der Waals surface area contributed by atoms with Crippen molar-refractivity contribution in [2.75, 3.05) is 0 Å². The van der Waals surface area contributed by atoms with Crippen molar-refractivity contribution in [1.29, 1.82) is 0 Å². The number of hydrogen-bond acceptors (Lipinski definition) is 4. The lowest BCUT2D eigenvalue weighted by Crippen LogP contribution is -2.16. The van der Waals surface area contributed by atoms with Gasteiger partial charge >= 0.3 is 0 Å². The SMILES string of the molecule is O=Cc1c(Cl)ncnc1C1CCCc2cccnc21. The lowest BCUT2D eigenvalue weighted by atomic mass is 9.83. The van der Waals surface area contributed by atoms with E-state index in [-0.39, 0.29) is 11.1 Å². The predicted molar refractivity (Wildman–Crippen MR) is 71.4 cm³/mol. The van der Waals surface area contributed by atoms with Gasteiger partial charge in [-0.2, -0.15) is 0 Å². The van der Waals surface area contributed by atoms with Crippen molar-refractivity contribution in [1.82, 2.24) is 15.0 Å². The van der Waals surface area contributed by atoms with E-state index in [4.69, 9.17) is 11.6 Å². The summed E-state index contributed by atoms with van der Waals surface area (Å²) in [7, 11) is 0. The Hall–Kier alpha value is -1.81. The van der Waals surface area contributed by atoms with Crippen LogP contribution in [0.5, 0.6) is 0 Å². The van der Waals surface area contributed by atoms with Gasteiger partial charge in [0.2, 0.25) is 0 Å². The molecule has 1 atom stereocenters. The summed E-state index contributed by atoms with van der Waals surface area (Å²) in [5.41, 5.74) is 3.30. The van der Waals surface area contributed by atoms with Crippen molar-refractivity contribution in [2.45, 2.75) is 25.2 Å². The summed E-state index contributed by atoms with van der Waals surface area (Å²) in [6.07, 6.45) is 6.92. The number of aromatic nitrogens is 3. The van der Waals surface area contributed by atoms with Gasteiger partial charge in [0, 0.05) is 12.1 Å². The third-order valence-electron chi connectivity index (χ3n) is 3.51. The van der Waals surface area contributed by atoms with Crippen molar-refractivity contribution >= 4 is 17.9 Å². The van der Waals surface area contributed by atoms with Gasteiger partial charge in [-0.15, -0.1) is 0 Å². The summed E-state index contributed by atoms with van der Waals surface area (Å²) < 4.78 is 0. The molecule has 2 aromatic rings. The molecule has 0 saturated heterocycles. The molecule has 19 heavy (non-hydrogen) atoms. The molecule has 0 amide bonds. The lowest BCUT2D eigenvalue weighted by molar-refractivity contribution is 0.112. The van der Waals surface area contributed by atoms with Crippen LogP contribution in [0.2, 0.25) is 5.15 Å². The molecule has 2 heterocycles. The molecular weight excluding hydrogens is 262 g/mol. The van der Waals surface area contributed by atoms with Gasteiger partial charge in [-0.05, 0) is 30.9 Å². The van der Waals surface area contributed by atoms with Crippen molar-refractivity contribution in [2.24, 2.45) is 0 Å². The minimum Gasteiger partial charge on any atom is -0.298 e. The average molecular weight is 274 g/mol. The van der Waals surface area contributed by atoms with Gasteiger partial charge < -0.3 is 0 Å². The fraction of sp³-hybridized carbons (Fsp3) is 0.286. The third-order valence-corrected chi connectivity index (χ3v) is 3.81. The first kappa shape index (κ1) is 12.2. The first-order chi connectivity index (χ1) is 9.31. The van der Waals surface area contributed by atoms with E-state index < -0.39 is 0 Å². The second-order valence-electron chi connectivity index (χ2n) is 4.57. The molecule has 0 bridgehead atoms. The number of carbonyl (C=O) groups excluding carboxylic acids is 1. The Morgan fingerprint density at radius 2 is 2.16 bits per heavy atom. The molecule has 5 heteroatoms. The zero-order valence-corrected chi connectivity index (χ0v) is 11.0. The number of halogens is 1. The van der Waals surface area contributed by atoms with Gasteiger partial charge in [0.1, 0.15) is 11.5 Å². The second-order valence-corrected chi connectivity index (χ2v) is 4.93. The van der Waals surface area contributed by atoms with Crippen LogP contribution in [0.15, 0.2) is 24.7 Å². The van der Waals surface area contributed by atoms with Gasteiger partial charge in [-0.1, -0.05) is 17.7 Å². The van der Waals surface area contributed by atoms with Crippen LogP contribution >= 0.6 is 11.6 Å². The van der Waals surface area contributed by atoms with E-state index >= 15 is 0 Å². The Morgan fingerprint density at radius 1 is 1.26 bits per heavy atom. The van der Waals surface area contributed by atoms with Gasteiger partial charge in [0.15, 0.2) is 6.29 Å². The molecule has 3 rings (SSSR count). The molecule has 1 unspecified atom stereocenters. The minimum absolute atomic E-state index is 0.0330. The molecule has 0 spiro atoms. The number of aldehydes is 1. The highest BCUT2D eigenvalue weighted by Crippen LogP contribution is 2.36. The summed E-state index contributed by atoms with van der Waals surface area (Å²) in [6.45, 7) is 0. The Balaban J connectivity index is 2.14. The topological polar surface area (TPSA) is 55.7 Å². The fourth-order valence-corrected chi connectivity index (χ4v) is 2.83. The number of carbonyl (C=O) groups is 1. The molecule has 96 valence electrons. The normalized spacial score (nSPS) is 17.8. The molecule has 1 aliphatic rings. The maximum atomic E-state index is 11.2. The van der Waals surface area contributed by atoms with Crippen molar-refractivity contribution < 1.29 is 4.79 Å². The smallest absolute Gasteiger partial charge is 0.155 e. The van der Waals surface area contributed by atoms with E-state index in [1.165, 1.54) is 11.9 Å². The third kappa shape index (κ3) is 2.12. The van der Waals surface area contributed by atoms with E-state index in [1.807, 2.05) is 6.07 Å². The predicted octanol–water partition coefficient (Wildman–Crippen LogP) is 2.81. The number of pyridine rings is 1. The van der Waals surface area contributed by atoms with E-state index in [0.717, 1.165) is 31.2 Å².